The molecular formula is C19H13Cl2NO3. The summed E-state index contributed by atoms with van der Waals surface area (Å²) in [5.41, 5.74) is 2.20. The van der Waals surface area contributed by atoms with Gasteiger partial charge in [-0.2, -0.15) is 0 Å². The van der Waals surface area contributed by atoms with Crippen LogP contribution in [-0.2, 0) is 0 Å². The fourth-order valence-corrected chi connectivity index (χ4v) is 3.58. The predicted molar refractivity (Wildman–Crippen MR) is 97.6 cm³/mol. The molecule has 0 bridgehead atoms. The van der Waals surface area contributed by atoms with Gasteiger partial charge in [0.15, 0.2) is 5.43 Å². The number of fused-ring (bicyclic) bond motifs is 2. The number of halogens is 2. The van der Waals surface area contributed by atoms with E-state index in [2.05, 4.69) is 0 Å². The molecule has 1 aliphatic rings. The van der Waals surface area contributed by atoms with Crippen molar-refractivity contribution in [3.8, 4) is 0 Å². The van der Waals surface area contributed by atoms with Crippen LogP contribution in [0.3, 0.4) is 0 Å². The van der Waals surface area contributed by atoms with Gasteiger partial charge in [-0.3, -0.25) is 9.59 Å². The van der Waals surface area contributed by atoms with E-state index in [1.165, 1.54) is 4.90 Å². The summed E-state index contributed by atoms with van der Waals surface area (Å²) >= 11 is 12.1. The first-order valence-corrected chi connectivity index (χ1v) is 8.43. The van der Waals surface area contributed by atoms with Crippen LogP contribution in [0.15, 0.2) is 45.6 Å². The summed E-state index contributed by atoms with van der Waals surface area (Å²) in [5.74, 6) is -0.245. The second-order valence-corrected chi connectivity index (χ2v) is 6.98. The number of nitrogens with zero attached hydrogens (tertiary/aromatic N) is 1. The maximum Gasteiger partial charge on any atom is 0.290 e. The highest BCUT2D eigenvalue weighted by Crippen LogP contribution is 2.38. The molecule has 0 spiro atoms. The molecule has 1 unspecified atom stereocenters. The molecule has 25 heavy (non-hydrogen) atoms. The summed E-state index contributed by atoms with van der Waals surface area (Å²) in [6.07, 6.45) is 0. The number of amides is 1. The summed E-state index contributed by atoms with van der Waals surface area (Å²) < 4.78 is 5.78. The SMILES string of the molecule is Cc1ccc2oc3c(c(=O)c2c1)C(c1ccc(Cl)c(Cl)c1)N(C)C3=O. The van der Waals surface area contributed by atoms with E-state index >= 15 is 0 Å². The molecule has 1 aromatic heterocycles. The lowest BCUT2D eigenvalue weighted by Gasteiger charge is -2.20. The van der Waals surface area contributed by atoms with E-state index in [0.717, 1.165) is 5.56 Å². The number of rotatable bonds is 1. The van der Waals surface area contributed by atoms with E-state index in [1.807, 2.05) is 13.0 Å². The van der Waals surface area contributed by atoms with Crippen molar-refractivity contribution in [1.82, 2.24) is 4.90 Å². The lowest BCUT2D eigenvalue weighted by Crippen LogP contribution is -2.25. The van der Waals surface area contributed by atoms with Crippen molar-refractivity contribution < 1.29 is 9.21 Å². The van der Waals surface area contributed by atoms with Gasteiger partial charge in [-0.05, 0) is 36.8 Å². The fraction of sp³-hybridized carbons (Fsp3) is 0.158. The molecule has 1 atom stereocenters. The zero-order chi connectivity index (χ0) is 17.9. The van der Waals surface area contributed by atoms with Crippen molar-refractivity contribution in [2.75, 3.05) is 7.05 Å². The molecular weight excluding hydrogens is 361 g/mol. The minimum atomic E-state index is -0.557. The third-order valence-corrected chi connectivity index (χ3v) is 5.25. The zero-order valence-corrected chi connectivity index (χ0v) is 15.0. The highest BCUT2D eigenvalue weighted by Gasteiger charge is 2.40. The number of aryl methyl sites for hydroxylation is 1. The van der Waals surface area contributed by atoms with Gasteiger partial charge in [-0.1, -0.05) is 40.9 Å². The topological polar surface area (TPSA) is 50.5 Å². The van der Waals surface area contributed by atoms with Crippen LogP contribution in [0, 0.1) is 6.92 Å². The Morgan fingerprint density at radius 3 is 2.52 bits per heavy atom. The zero-order valence-electron chi connectivity index (χ0n) is 13.5. The molecule has 4 nitrogen and oxygen atoms in total. The minimum absolute atomic E-state index is 0.0833. The van der Waals surface area contributed by atoms with Gasteiger partial charge in [-0.15, -0.1) is 0 Å². The molecule has 1 aliphatic heterocycles. The Balaban J connectivity index is 2.03. The molecule has 4 rings (SSSR count). The standard InChI is InChI=1S/C19H13Cl2NO3/c1-9-3-6-14-11(7-9)17(23)15-16(22(2)19(24)18(15)25-14)10-4-5-12(20)13(21)8-10/h3-8,16H,1-2H3. The van der Waals surface area contributed by atoms with E-state index in [4.69, 9.17) is 27.6 Å². The average molecular weight is 374 g/mol. The van der Waals surface area contributed by atoms with Gasteiger partial charge in [0.2, 0.25) is 5.76 Å². The molecule has 0 aliphatic carbocycles. The van der Waals surface area contributed by atoms with E-state index in [9.17, 15) is 9.59 Å². The second kappa shape index (κ2) is 5.61. The van der Waals surface area contributed by atoms with E-state index in [0.29, 0.717) is 32.1 Å². The first-order chi connectivity index (χ1) is 11.9. The van der Waals surface area contributed by atoms with Crippen molar-refractivity contribution in [2.24, 2.45) is 0 Å². The Kier molecular flexibility index (Phi) is 3.63. The van der Waals surface area contributed by atoms with Crippen LogP contribution < -0.4 is 5.43 Å². The lowest BCUT2D eigenvalue weighted by molar-refractivity contribution is 0.0771. The monoisotopic (exact) mass is 373 g/mol. The van der Waals surface area contributed by atoms with E-state index in [-0.39, 0.29) is 17.1 Å². The number of hydrogen-bond donors (Lipinski definition) is 0. The molecule has 0 fully saturated rings. The normalized spacial score (nSPS) is 16.6. The predicted octanol–water partition coefficient (Wildman–Crippen LogP) is 4.58. The maximum atomic E-state index is 13.1. The van der Waals surface area contributed by atoms with Crippen LogP contribution in [0.4, 0.5) is 0 Å². The number of carbonyl (C=O) groups is 1. The summed E-state index contributed by atoms with van der Waals surface area (Å²) in [6, 6.07) is 9.87. The molecule has 1 amide bonds. The van der Waals surface area contributed by atoms with Crippen LogP contribution in [0.5, 0.6) is 0 Å². The van der Waals surface area contributed by atoms with Crippen LogP contribution >= 0.6 is 23.2 Å². The molecule has 2 aromatic carbocycles. The lowest BCUT2D eigenvalue weighted by atomic mass is 9.98. The molecule has 2 heterocycles. The average Bonchev–Trinajstić information content (AvgIpc) is 2.83. The van der Waals surface area contributed by atoms with Crippen molar-refractivity contribution in [2.45, 2.75) is 13.0 Å². The molecule has 126 valence electrons. The van der Waals surface area contributed by atoms with Crippen molar-refractivity contribution in [1.29, 1.82) is 0 Å². The molecule has 0 saturated carbocycles. The van der Waals surface area contributed by atoms with Gasteiger partial charge in [0.1, 0.15) is 5.58 Å². The molecule has 3 aromatic rings. The smallest absolute Gasteiger partial charge is 0.290 e. The van der Waals surface area contributed by atoms with Gasteiger partial charge < -0.3 is 9.32 Å². The van der Waals surface area contributed by atoms with Crippen molar-refractivity contribution >= 4 is 40.1 Å². The summed E-state index contributed by atoms with van der Waals surface area (Å²) in [5, 5.41) is 1.25. The first kappa shape index (κ1) is 16.2. The van der Waals surface area contributed by atoms with E-state index in [1.54, 1.807) is 37.4 Å². The van der Waals surface area contributed by atoms with E-state index < -0.39 is 6.04 Å². The molecule has 0 radical (unpaired) electrons. The summed E-state index contributed by atoms with van der Waals surface area (Å²) in [6.45, 7) is 1.90. The van der Waals surface area contributed by atoms with Crippen LogP contribution in [0.25, 0.3) is 11.0 Å². The first-order valence-electron chi connectivity index (χ1n) is 7.68. The molecule has 0 saturated heterocycles. The Hall–Kier alpha value is -2.30. The molecule has 0 N–H and O–H groups in total. The van der Waals surface area contributed by atoms with Gasteiger partial charge in [0, 0.05) is 7.05 Å². The quantitative estimate of drug-likeness (QED) is 0.626. The number of hydrogen-bond acceptors (Lipinski definition) is 3. The van der Waals surface area contributed by atoms with Crippen molar-refractivity contribution in [3.63, 3.8) is 0 Å². The number of carbonyl (C=O) groups excluding carboxylic acids is 1. The Labute approximate surface area is 153 Å². The van der Waals surface area contributed by atoms with Gasteiger partial charge in [-0.25, -0.2) is 0 Å². The second-order valence-electron chi connectivity index (χ2n) is 6.17. The Bertz CT molecular complexity index is 1100. The summed E-state index contributed by atoms with van der Waals surface area (Å²) in [4.78, 5) is 27.2. The van der Waals surface area contributed by atoms with Gasteiger partial charge in [0.05, 0.1) is 27.0 Å². The summed E-state index contributed by atoms with van der Waals surface area (Å²) in [7, 11) is 1.64. The van der Waals surface area contributed by atoms with Crippen LogP contribution in [-0.4, -0.2) is 17.9 Å². The number of benzene rings is 2. The fourth-order valence-electron chi connectivity index (χ4n) is 3.27. The minimum Gasteiger partial charge on any atom is -0.450 e. The third-order valence-electron chi connectivity index (χ3n) is 4.52. The van der Waals surface area contributed by atoms with Crippen LogP contribution in [0.1, 0.15) is 33.3 Å². The van der Waals surface area contributed by atoms with Gasteiger partial charge >= 0.3 is 0 Å². The van der Waals surface area contributed by atoms with Crippen LogP contribution in [0.2, 0.25) is 10.0 Å². The van der Waals surface area contributed by atoms with Gasteiger partial charge in [0.25, 0.3) is 5.91 Å². The largest absolute Gasteiger partial charge is 0.450 e. The third kappa shape index (κ3) is 2.36. The highest BCUT2D eigenvalue weighted by molar-refractivity contribution is 6.42. The molecule has 6 heteroatoms. The van der Waals surface area contributed by atoms with Crippen molar-refractivity contribution in [3.05, 3.63) is 79.1 Å². The Morgan fingerprint density at radius 1 is 1.04 bits per heavy atom. The maximum absolute atomic E-state index is 13.1. The highest BCUT2D eigenvalue weighted by atomic mass is 35.5. The Morgan fingerprint density at radius 2 is 1.80 bits per heavy atom.